The SMILES string of the molecule is O=C(O)/C=C/CNCCCCN1c2ccc(OCc3ccccc3)cc2CCc2ccc(Cl)cc21.O=C(O)/C=C\C(=O)O. The Morgan fingerprint density at radius 2 is 1.51 bits per heavy atom. The molecule has 0 fully saturated rings. The minimum absolute atomic E-state index is 0.549. The summed E-state index contributed by atoms with van der Waals surface area (Å²) in [6.07, 6.45) is 7.79. The molecule has 0 aromatic heterocycles. The lowest BCUT2D eigenvalue weighted by Gasteiger charge is -2.27. The Morgan fingerprint density at radius 1 is 0.814 bits per heavy atom. The molecule has 10 heteroatoms. The summed E-state index contributed by atoms with van der Waals surface area (Å²) in [7, 11) is 0. The number of halogens is 1. The highest BCUT2D eigenvalue weighted by molar-refractivity contribution is 6.30. The zero-order valence-electron chi connectivity index (χ0n) is 23.6. The number of benzene rings is 3. The van der Waals surface area contributed by atoms with Crippen LogP contribution in [0, 0.1) is 0 Å². The van der Waals surface area contributed by atoms with Crippen LogP contribution in [0.2, 0.25) is 5.02 Å². The highest BCUT2D eigenvalue weighted by Gasteiger charge is 2.21. The van der Waals surface area contributed by atoms with Crippen LogP contribution in [0.1, 0.15) is 29.5 Å². The van der Waals surface area contributed by atoms with Crippen LogP contribution in [0.25, 0.3) is 0 Å². The quantitative estimate of drug-likeness (QED) is 0.139. The first kappa shape index (κ1) is 32.9. The van der Waals surface area contributed by atoms with E-state index in [4.69, 9.17) is 31.7 Å². The van der Waals surface area contributed by atoms with Gasteiger partial charge in [0, 0.05) is 47.7 Å². The molecular weight excluding hydrogens is 572 g/mol. The molecule has 43 heavy (non-hydrogen) atoms. The molecule has 3 aromatic rings. The van der Waals surface area contributed by atoms with E-state index in [1.807, 2.05) is 24.3 Å². The molecule has 1 aliphatic rings. The van der Waals surface area contributed by atoms with Crippen molar-refractivity contribution >= 4 is 40.9 Å². The third-order valence-electron chi connectivity index (χ3n) is 6.47. The highest BCUT2D eigenvalue weighted by atomic mass is 35.5. The average Bonchev–Trinajstić information content (AvgIpc) is 3.13. The fourth-order valence-electron chi connectivity index (χ4n) is 4.50. The van der Waals surface area contributed by atoms with Gasteiger partial charge in [0.05, 0.1) is 0 Å². The largest absolute Gasteiger partial charge is 0.489 e. The Labute approximate surface area is 255 Å². The number of carboxylic acids is 3. The molecule has 0 amide bonds. The predicted octanol–water partition coefficient (Wildman–Crippen LogP) is 5.88. The van der Waals surface area contributed by atoms with Crippen LogP contribution in [0.15, 0.2) is 91.0 Å². The van der Waals surface area contributed by atoms with Gasteiger partial charge in [-0.2, -0.15) is 0 Å². The number of rotatable bonds is 13. The van der Waals surface area contributed by atoms with Crippen molar-refractivity contribution in [1.82, 2.24) is 5.32 Å². The molecule has 3 aromatic carbocycles. The molecule has 4 rings (SSSR count). The number of ether oxygens (including phenoxy) is 1. The third kappa shape index (κ3) is 11.7. The van der Waals surface area contributed by atoms with Crippen LogP contribution < -0.4 is 15.0 Å². The first-order valence-corrected chi connectivity index (χ1v) is 14.2. The molecule has 4 N–H and O–H groups in total. The Morgan fingerprint density at radius 3 is 2.21 bits per heavy atom. The second-order valence-electron chi connectivity index (χ2n) is 9.65. The van der Waals surface area contributed by atoms with Crippen LogP contribution in [0.3, 0.4) is 0 Å². The number of hydrogen-bond acceptors (Lipinski definition) is 6. The summed E-state index contributed by atoms with van der Waals surface area (Å²) in [6.45, 7) is 2.81. The summed E-state index contributed by atoms with van der Waals surface area (Å²) in [6, 6.07) is 22.8. The number of fused-ring (bicyclic) bond motifs is 2. The van der Waals surface area contributed by atoms with Gasteiger partial charge in [-0.3, -0.25) is 0 Å². The van der Waals surface area contributed by atoms with Gasteiger partial charge in [-0.15, -0.1) is 0 Å². The summed E-state index contributed by atoms with van der Waals surface area (Å²) in [5, 5.41) is 28.3. The number of nitrogens with zero attached hydrogens (tertiary/aromatic N) is 1. The average molecular weight is 607 g/mol. The summed E-state index contributed by atoms with van der Waals surface area (Å²) in [5.41, 5.74) is 6.11. The topological polar surface area (TPSA) is 136 Å². The first-order valence-electron chi connectivity index (χ1n) is 13.8. The van der Waals surface area contributed by atoms with Crippen molar-refractivity contribution in [2.45, 2.75) is 32.3 Å². The van der Waals surface area contributed by atoms with Crippen molar-refractivity contribution in [1.29, 1.82) is 0 Å². The number of anilines is 2. The predicted molar refractivity (Wildman–Crippen MR) is 166 cm³/mol. The maximum atomic E-state index is 10.5. The number of aliphatic carboxylic acids is 3. The first-order chi connectivity index (χ1) is 20.7. The maximum absolute atomic E-state index is 10.5. The molecule has 9 nitrogen and oxygen atoms in total. The molecule has 1 aliphatic heterocycles. The number of carbonyl (C=O) groups is 3. The second kappa shape index (κ2) is 17.4. The summed E-state index contributed by atoms with van der Waals surface area (Å²) in [5.74, 6) is -2.55. The molecule has 0 bridgehead atoms. The number of unbranched alkanes of at least 4 members (excludes halogenated alkanes) is 1. The van der Waals surface area contributed by atoms with E-state index in [0.29, 0.717) is 25.3 Å². The van der Waals surface area contributed by atoms with E-state index in [2.05, 4.69) is 52.7 Å². The zero-order chi connectivity index (χ0) is 31.0. The van der Waals surface area contributed by atoms with Crippen LogP contribution >= 0.6 is 11.6 Å². The molecule has 0 saturated carbocycles. The van der Waals surface area contributed by atoms with Crippen LogP contribution in [0.5, 0.6) is 5.75 Å². The number of hydrogen-bond donors (Lipinski definition) is 4. The molecule has 0 aliphatic carbocycles. The van der Waals surface area contributed by atoms with Crippen molar-refractivity contribution in [3.05, 3.63) is 113 Å². The summed E-state index contributed by atoms with van der Waals surface area (Å²) in [4.78, 5) is 32.0. The van der Waals surface area contributed by atoms with E-state index in [9.17, 15) is 14.4 Å². The maximum Gasteiger partial charge on any atom is 0.328 e. The fourth-order valence-corrected chi connectivity index (χ4v) is 4.67. The van der Waals surface area contributed by atoms with Gasteiger partial charge in [-0.05, 0) is 79.3 Å². The van der Waals surface area contributed by atoms with E-state index in [1.165, 1.54) is 28.6 Å². The normalized spacial score (nSPS) is 12.2. The lowest BCUT2D eigenvalue weighted by atomic mass is 10.0. The van der Waals surface area contributed by atoms with Gasteiger partial charge in [0.15, 0.2) is 0 Å². The van der Waals surface area contributed by atoms with Gasteiger partial charge in [-0.25, -0.2) is 14.4 Å². The fraction of sp³-hybridized carbons (Fsp3) is 0.242. The summed E-state index contributed by atoms with van der Waals surface area (Å²) >= 11 is 6.40. The molecule has 0 saturated heterocycles. The van der Waals surface area contributed by atoms with E-state index in [1.54, 1.807) is 6.08 Å². The third-order valence-corrected chi connectivity index (χ3v) is 6.70. The minimum atomic E-state index is -1.26. The van der Waals surface area contributed by atoms with Crippen LogP contribution in [-0.2, 0) is 33.8 Å². The smallest absolute Gasteiger partial charge is 0.328 e. The van der Waals surface area contributed by atoms with Gasteiger partial charge < -0.3 is 30.3 Å². The highest BCUT2D eigenvalue weighted by Crippen LogP contribution is 2.39. The van der Waals surface area contributed by atoms with Gasteiger partial charge in [0.2, 0.25) is 0 Å². The van der Waals surface area contributed by atoms with Gasteiger partial charge >= 0.3 is 17.9 Å². The Kier molecular flexibility index (Phi) is 13.3. The van der Waals surface area contributed by atoms with Gasteiger partial charge in [0.25, 0.3) is 0 Å². The number of carboxylic acid groups (broad SMARTS) is 3. The van der Waals surface area contributed by atoms with Crippen molar-refractivity contribution in [3.8, 4) is 5.75 Å². The number of nitrogens with one attached hydrogen (secondary N) is 1. The molecule has 0 unspecified atom stereocenters. The summed E-state index contributed by atoms with van der Waals surface area (Å²) < 4.78 is 6.10. The standard InChI is InChI=1S/C29H31ClN2O3.C4H4O4/c30-25-13-12-23-10-11-24-19-26(35-21-22-7-2-1-3-8-22)14-15-27(24)32(28(23)20-25)18-5-4-16-31-17-6-9-29(33)34;5-3(6)1-2-4(7)8/h1-3,6-9,12-15,19-20,31H,4-5,10-11,16-18,21H2,(H,33,34);1-2H,(H,5,6)(H,7,8)/b9-6+;2-1-. The molecule has 1 heterocycles. The van der Waals surface area contributed by atoms with Crippen molar-refractivity contribution < 1.29 is 34.4 Å². The number of aryl methyl sites for hydroxylation is 2. The van der Waals surface area contributed by atoms with Crippen LogP contribution in [-0.4, -0.2) is 52.9 Å². The molecule has 0 atom stereocenters. The Hall–Kier alpha value is -4.60. The van der Waals surface area contributed by atoms with E-state index in [0.717, 1.165) is 55.1 Å². The molecule has 0 radical (unpaired) electrons. The van der Waals surface area contributed by atoms with E-state index >= 15 is 0 Å². The van der Waals surface area contributed by atoms with Crippen molar-refractivity contribution in [3.63, 3.8) is 0 Å². The van der Waals surface area contributed by atoms with Crippen molar-refractivity contribution in [2.75, 3.05) is 24.5 Å². The second-order valence-corrected chi connectivity index (χ2v) is 10.1. The Bertz CT molecular complexity index is 1420. The van der Waals surface area contributed by atoms with Gasteiger partial charge in [-0.1, -0.05) is 54.1 Å². The minimum Gasteiger partial charge on any atom is -0.489 e. The van der Waals surface area contributed by atoms with Crippen LogP contribution in [0.4, 0.5) is 11.4 Å². The van der Waals surface area contributed by atoms with E-state index in [-0.39, 0.29) is 0 Å². The Balaban J connectivity index is 0.000000557. The molecular formula is C33H35ClN2O7. The van der Waals surface area contributed by atoms with Crippen molar-refractivity contribution in [2.24, 2.45) is 0 Å². The van der Waals surface area contributed by atoms with E-state index < -0.39 is 17.9 Å². The monoisotopic (exact) mass is 606 g/mol. The molecule has 226 valence electrons. The molecule has 0 spiro atoms. The lowest BCUT2D eigenvalue weighted by molar-refractivity contribution is -0.134. The lowest BCUT2D eigenvalue weighted by Crippen LogP contribution is -2.22. The van der Waals surface area contributed by atoms with Gasteiger partial charge in [0.1, 0.15) is 12.4 Å². The zero-order valence-corrected chi connectivity index (χ0v) is 24.4.